The van der Waals surface area contributed by atoms with Crippen molar-refractivity contribution >= 4 is 22.6 Å². The summed E-state index contributed by atoms with van der Waals surface area (Å²) in [7, 11) is 0. The van der Waals surface area contributed by atoms with Crippen LogP contribution in [0.1, 0.15) is 44.2 Å². The van der Waals surface area contributed by atoms with Crippen LogP contribution >= 0.6 is 22.6 Å². The molecule has 0 amide bonds. The molecule has 2 aliphatic rings. The third kappa shape index (κ3) is 3.95. The largest absolute Gasteiger partial charge is 0.313 e. The van der Waals surface area contributed by atoms with E-state index in [1.54, 1.807) is 0 Å². The summed E-state index contributed by atoms with van der Waals surface area (Å²) in [4.78, 5) is 2.71. The number of nitrogens with one attached hydrogen (secondary N) is 1. The predicted octanol–water partition coefficient (Wildman–Crippen LogP) is 3.82. The molecule has 1 aliphatic heterocycles. The monoisotopic (exact) mass is 384 g/mol. The van der Waals surface area contributed by atoms with Gasteiger partial charge in [-0.2, -0.15) is 0 Å². The van der Waals surface area contributed by atoms with Crippen molar-refractivity contribution in [3.63, 3.8) is 0 Å². The fourth-order valence-corrected chi connectivity index (χ4v) is 3.53. The van der Waals surface area contributed by atoms with Gasteiger partial charge in [-0.1, -0.05) is 12.1 Å². The summed E-state index contributed by atoms with van der Waals surface area (Å²) in [6.45, 7) is 6.08. The summed E-state index contributed by atoms with van der Waals surface area (Å²) >= 11 is 2.38. The van der Waals surface area contributed by atoms with Crippen LogP contribution in [0.25, 0.3) is 0 Å². The molecule has 20 heavy (non-hydrogen) atoms. The van der Waals surface area contributed by atoms with Gasteiger partial charge in [-0.25, -0.2) is 0 Å². The van der Waals surface area contributed by atoms with Crippen LogP contribution in [0.5, 0.6) is 0 Å². The van der Waals surface area contributed by atoms with Gasteiger partial charge in [0.05, 0.1) is 0 Å². The van der Waals surface area contributed by atoms with E-state index in [1.807, 2.05) is 0 Å². The fourth-order valence-electron chi connectivity index (χ4n) is 3.17. The second-order valence-electron chi connectivity index (χ2n) is 6.42. The first-order valence-corrected chi connectivity index (χ1v) is 9.03. The Morgan fingerprint density at radius 3 is 2.55 bits per heavy atom. The molecule has 0 aromatic heterocycles. The Hall–Kier alpha value is -0.130. The van der Waals surface area contributed by atoms with Crippen molar-refractivity contribution in [2.75, 3.05) is 19.6 Å². The van der Waals surface area contributed by atoms with Crippen LogP contribution < -0.4 is 5.32 Å². The lowest BCUT2D eigenvalue weighted by atomic mass is 10.1. The molecule has 3 rings (SSSR count). The Bertz CT molecular complexity index is 421. The minimum Gasteiger partial charge on any atom is -0.313 e. The standard InChI is InChI=1S/C17H25IN2/c1-13(15-6-8-16(18)9-7-15)20(11-14-4-5-14)12-17-3-2-10-19-17/h6-9,13-14,17,19H,2-5,10-12H2,1H3. The zero-order valence-electron chi connectivity index (χ0n) is 12.3. The van der Waals surface area contributed by atoms with Gasteiger partial charge in [-0.3, -0.25) is 4.90 Å². The van der Waals surface area contributed by atoms with Crippen molar-refractivity contribution in [2.24, 2.45) is 5.92 Å². The molecule has 1 aliphatic carbocycles. The summed E-state index contributed by atoms with van der Waals surface area (Å²) in [6.07, 6.45) is 5.57. The van der Waals surface area contributed by atoms with Crippen molar-refractivity contribution in [3.05, 3.63) is 33.4 Å². The quantitative estimate of drug-likeness (QED) is 0.751. The molecule has 1 saturated carbocycles. The summed E-state index contributed by atoms with van der Waals surface area (Å²) < 4.78 is 1.32. The first-order valence-electron chi connectivity index (χ1n) is 7.95. The van der Waals surface area contributed by atoms with Crippen molar-refractivity contribution in [1.82, 2.24) is 10.2 Å². The van der Waals surface area contributed by atoms with Crippen molar-refractivity contribution in [3.8, 4) is 0 Å². The van der Waals surface area contributed by atoms with Gasteiger partial charge in [0.25, 0.3) is 0 Å². The molecule has 2 atom stereocenters. The normalized spacial score (nSPS) is 24.2. The Kier molecular flexibility index (Phi) is 5.00. The molecule has 0 spiro atoms. The lowest BCUT2D eigenvalue weighted by Gasteiger charge is -2.32. The number of benzene rings is 1. The van der Waals surface area contributed by atoms with E-state index < -0.39 is 0 Å². The molecule has 1 aromatic rings. The first-order chi connectivity index (χ1) is 9.72. The second kappa shape index (κ2) is 6.75. The molecular weight excluding hydrogens is 359 g/mol. The van der Waals surface area contributed by atoms with Crippen molar-refractivity contribution in [1.29, 1.82) is 0 Å². The van der Waals surface area contributed by atoms with Gasteiger partial charge in [0.1, 0.15) is 0 Å². The summed E-state index contributed by atoms with van der Waals surface area (Å²) in [5.74, 6) is 0.961. The maximum atomic E-state index is 3.65. The van der Waals surface area contributed by atoms with Crippen LogP contribution in [0.2, 0.25) is 0 Å². The predicted molar refractivity (Wildman–Crippen MR) is 92.9 cm³/mol. The van der Waals surface area contributed by atoms with Crippen molar-refractivity contribution in [2.45, 2.75) is 44.7 Å². The smallest absolute Gasteiger partial charge is 0.0320 e. The van der Waals surface area contributed by atoms with Crippen LogP contribution in [-0.4, -0.2) is 30.6 Å². The molecule has 2 unspecified atom stereocenters. The van der Waals surface area contributed by atoms with E-state index in [9.17, 15) is 0 Å². The van der Waals surface area contributed by atoms with Crippen molar-refractivity contribution < 1.29 is 0 Å². The van der Waals surface area contributed by atoms with Gasteiger partial charge >= 0.3 is 0 Å². The highest BCUT2D eigenvalue weighted by Crippen LogP contribution is 2.33. The third-order valence-corrected chi connectivity index (χ3v) is 5.43. The summed E-state index contributed by atoms with van der Waals surface area (Å²) in [5, 5.41) is 3.65. The van der Waals surface area contributed by atoms with Gasteiger partial charge in [0.2, 0.25) is 0 Å². The number of nitrogens with zero attached hydrogens (tertiary/aromatic N) is 1. The average Bonchev–Trinajstić information content (AvgIpc) is 3.12. The Balaban J connectivity index is 1.67. The highest BCUT2D eigenvalue weighted by molar-refractivity contribution is 14.1. The molecule has 0 radical (unpaired) electrons. The molecule has 110 valence electrons. The minimum absolute atomic E-state index is 0.537. The van der Waals surface area contributed by atoms with Gasteiger partial charge < -0.3 is 5.32 Å². The number of hydrogen-bond donors (Lipinski definition) is 1. The van der Waals surface area contributed by atoms with E-state index >= 15 is 0 Å². The molecule has 1 heterocycles. The second-order valence-corrected chi connectivity index (χ2v) is 7.66. The van der Waals surface area contributed by atoms with Crippen LogP contribution in [0.15, 0.2) is 24.3 Å². The maximum absolute atomic E-state index is 3.65. The molecule has 0 bridgehead atoms. The SMILES string of the molecule is CC(c1ccc(I)cc1)N(CC1CC1)CC1CCCN1. The fraction of sp³-hybridized carbons (Fsp3) is 0.647. The number of rotatable bonds is 6. The lowest BCUT2D eigenvalue weighted by molar-refractivity contribution is 0.184. The maximum Gasteiger partial charge on any atom is 0.0320 e. The third-order valence-electron chi connectivity index (χ3n) is 4.71. The molecule has 1 saturated heterocycles. The zero-order valence-corrected chi connectivity index (χ0v) is 14.5. The van der Waals surface area contributed by atoms with E-state index in [0.717, 1.165) is 5.92 Å². The van der Waals surface area contributed by atoms with Gasteiger partial charge in [0.15, 0.2) is 0 Å². The lowest BCUT2D eigenvalue weighted by Crippen LogP contribution is -2.40. The highest BCUT2D eigenvalue weighted by atomic mass is 127. The topological polar surface area (TPSA) is 15.3 Å². The molecular formula is C17H25IN2. The Morgan fingerprint density at radius 2 is 1.95 bits per heavy atom. The number of hydrogen-bond acceptors (Lipinski definition) is 2. The van der Waals surface area contributed by atoms with E-state index in [2.05, 4.69) is 64.0 Å². The number of halogens is 1. The van der Waals surface area contributed by atoms with Crippen LogP contribution in [0, 0.1) is 9.49 Å². The average molecular weight is 384 g/mol. The highest BCUT2D eigenvalue weighted by Gasteiger charge is 2.29. The zero-order chi connectivity index (χ0) is 13.9. The molecule has 2 fully saturated rings. The van der Waals surface area contributed by atoms with Crippen LogP contribution in [0.4, 0.5) is 0 Å². The van der Waals surface area contributed by atoms with Crippen LogP contribution in [-0.2, 0) is 0 Å². The summed E-state index contributed by atoms with van der Waals surface area (Å²) in [5.41, 5.74) is 1.46. The van der Waals surface area contributed by atoms with Gasteiger partial charge in [-0.15, -0.1) is 0 Å². The van der Waals surface area contributed by atoms with E-state index in [-0.39, 0.29) is 0 Å². The molecule has 1 N–H and O–H groups in total. The summed E-state index contributed by atoms with van der Waals surface area (Å²) in [6, 6.07) is 10.3. The van der Waals surface area contributed by atoms with Gasteiger partial charge in [0, 0.05) is 28.7 Å². The Labute approximate surface area is 136 Å². The first kappa shape index (κ1) is 14.8. The molecule has 2 nitrogen and oxygen atoms in total. The van der Waals surface area contributed by atoms with Crippen LogP contribution in [0.3, 0.4) is 0 Å². The van der Waals surface area contributed by atoms with E-state index in [1.165, 1.54) is 54.5 Å². The minimum atomic E-state index is 0.537. The molecule has 3 heteroatoms. The molecule has 1 aromatic carbocycles. The van der Waals surface area contributed by atoms with E-state index in [4.69, 9.17) is 0 Å². The Morgan fingerprint density at radius 1 is 1.20 bits per heavy atom. The van der Waals surface area contributed by atoms with E-state index in [0.29, 0.717) is 12.1 Å². The van der Waals surface area contributed by atoms with Gasteiger partial charge in [-0.05, 0) is 85.4 Å².